The molecule has 1 saturated carbocycles. The number of rotatable bonds is 6. The lowest BCUT2D eigenvalue weighted by Gasteiger charge is -2.18. The summed E-state index contributed by atoms with van der Waals surface area (Å²) in [6.45, 7) is 1.83. The van der Waals surface area contributed by atoms with Crippen LogP contribution in [0.25, 0.3) is 0 Å². The second-order valence-corrected chi connectivity index (χ2v) is 6.72. The number of carbonyl (C=O) groups is 2. The van der Waals surface area contributed by atoms with Crippen molar-refractivity contribution in [3.05, 3.63) is 41.6 Å². The molecule has 7 heteroatoms. The van der Waals surface area contributed by atoms with Crippen molar-refractivity contribution in [2.24, 2.45) is 13.0 Å². The first-order valence-electron chi connectivity index (χ1n) is 8.71. The zero-order chi connectivity index (χ0) is 18.7. The molecule has 1 heterocycles. The Hall–Kier alpha value is -2.83. The van der Waals surface area contributed by atoms with E-state index in [1.54, 1.807) is 20.2 Å². The number of ether oxygens (including phenoxy) is 1. The summed E-state index contributed by atoms with van der Waals surface area (Å²) in [6.07, 6.45) is 2.81. The molecule has 26 heavy (non-hydrogen) atoms. The molecule has 0 bridgehead atoms. The highest BCUT2D eigenvalue weighted by atomic mass is 16.5. The zero-order valence-electron chi connectivity index (χ0n) is 15.3. The van der Waals surface area contributed by atoms with E-state index in [4.69, 9.17) is 4.74 Å². The molecule has 1 aliphatic rings. The normalized spacial score (nSPS) is 14.6. The molecule has 7 nitrogen and oxygen atoms in total. The third-order valence-corrected chi connectivity index (χ3v) is 4.55. The Morgan fingerprint density at radius 3 is 2.69 bits per heavy atom. The zero-order valence-corrected chi connectivity index (χ0v) is 15.3. The van der Waals surface area contributed by atoms with E-state index in [9.17, 15) is 9.59 Å². The van der Waals surface area contributed by atoms with Crippen LogP contribution >= 0.6 is 0 Å². The molecular formula is C19H24N4O3. The first-order valence-corrected chi connectivity index (χ1v) is 8.71. The highest BCUT2D eigenvalue weighted by Crippen LogP contribution is 2.34. The Morgan fingerprint density at radius 1 is 1.31 bits per heavy atom. The molecule has 1 fully saturated rings. The second-order valence-electron chi connectivity index (χ2n) is 6.72. The van der Waals surface area contributed by atoms with E-state index >= 15 is 0 Å². The van der Waals surface area contributed by atoms with Gasteiger partial charge in [0.1, 0.15) is 11.6 Å². The molecule has 1 aromatic carbocycles. The molecule has 3 rings (SSSR count). The minimum atomic E-state index is -0.677. The second kappa shape index (κ2) is 7.59. The number of carbonyl (C=O) groups excluding carboxylic acids is 2. The number of nitrogens with zero attached hydrogens (tertiary/aromatic N) is 2. The molecule has 0 radical (unpaired) electrons. The summed E-state index contributed by atoms with van der Waals surface area (Å²) >= 11 is 0. The number of nitrogens with one attached hydrogen (secondary N) is 2. The summed E-state index contributed by atoms with van der Waals surface area (Å²) in [5.41, 5.74) is 1.85. The van der Waals surface area contributed by atoms with Crippen LogP contribution in [0.5, 0.6) is 5.75 Å². The van der Waals surface area contributed by atoms with Crippen LogP contribution in [-0.4, -0.2) is 34.7 Å². The number of methoxy groups -OCH3 is 1. The van der Waals surface area contributed by atoms with Crippen LogP contribution in [0.4, 0.5) is 5.82 Å². The molecule has 2 aromatic rings. The van der Waals surface area contributed by atoms with Gasteiger partial charge in [0.05, 0.1) is 12.8 Å². The van der Waals surface area contributed by atoms with Gasteiger partial charge in [-0.2, -0.15) is 5.10 Å². The molecular weight excluding hydrogens is 332 g/mol. The summed E-state index contributed by atoms with van der Waals surface area (Å²) in [4.78, 5) is 24.6. The van der Waals surface area contributed by atoms with Crippen LogP contribution in [-0.2, 0) is 23.1 Å². The standard InChI is InChI=1S/C19H24N4O3/c1-12-9-17(23(2)22-12)21-19(25)18(24)20-16(14-7-8-14)11-13-5-4-6-15(10-13)26-3/h4-6,9-10,14,16H,7-8,11H2,1-3H3,(H,20,24)(H,21,25)/t16-/m1/s1. The van der Waals surface area contributed by atoms with Gasteiger partial charge in [-0.1, -0.05) is 12.1 Å². The van der Waals surface area contributed by atoms with E-state index in [1.807, 2.05) is 31.2 Å². The summed E-state index contributed by atoms with van der Waals surface area (Å²) in [5.74, 6) is 0.399. The third kappa shape index (κ3) is 4.41. The molecule has 1 aliphatic carbocycles. The summed E-state index contributed by atoms with van der Waals surface area (Å²) in [5, 5.41) is 9.65. The van der Waals surface area contributed by atoms with Gasteiger partial charge in [0.25, 0.3) is 0 Å². The monoisotopic (exact) mass is 356 g/mol. The van der Waals surface area contributed by atoms with E-state index in [1.165, 1.54) is 4.68 Å². The van der Waals surface area contributed by atoms with Gasteiger partial charge in [-0.25, -0.2) is 0 Å². The predicted molar refractivity (Wildman–Crippen MR) is 97.9 cm³/mol. The predicted octanol–water partition coefficient (Wildman–Crippen LogP) is 1.81. The molecule has 1 aromatic heterocycles. The number of hydrogen-bond donors (Lipinski definition) is 2. The number of aryl methyl sites for hydroxylation is 2. The van der Waals surface area contributed by atoms with Gasteiger partial charge in [0.2, 0.25) is 0 Å². The maximum atomic E-state index is 12.3. The SMILES string of the molecule is COc1cccc(C[C@@H](NC(=O)C(=O)Nc2cc(C)nn2C)C2CC2)c1. The molecule has 2 amide bonds. The van der Waals surface area contributed by atoms with Gasteiger partial charge in [-0.3, -0.25) is 14.3 Å². The third-order valence-electron chi connectivity index (χ3n) is 4.55. The lowest BCUT2D eigenvalue weighted by molar-refractivity contribution is -0.136. The Kier molecular flexibility index (Phi) is 5.25. The van der Waals surface area contributed by atoms with Crippen molar-refractivity contribution in [2.75, 3.05) is 12.4 Å². The minimum absolute atomic E-state index is 0.0615. The van der Waals surface area contributed by atoms with E-state index in [0.717, 1.165) is 29.8 Å². The molecule has 2 N–H and O–H groups in total. The van der Waals surface area contributed by atoms with E-state index in [2.05, 4.69) is 15.7 Å². The number of hydrogen-bond acceptors (Lipinski definition) is 4. The molecule has 1 atom stereocenters. The Bertz CT molecular complexity index is 811. The quantitative estimate of drug-likeness (QED) is 0.773. The van der Waals surface area contributed by atoms with Crippen molar-refractivity contribution in [3.8, 4) is 5.75 Å². The maximum absolute atomic E-state index is 12.3. The Morgan fingerprint density at radius 2 is 2.08 bits per heavy atom. The van der Waals surface area contributed by atoms with Gasteiger partial charge in [0.15, 0.2) is 0 Å². The molecule has 0 spiro atoms. The highest BCUT2D eigenvalue weighted by Gasteiger charge is 2.33. The number of benzene rings is 1. The lowest BCUT2D eigenvalue weighted by Crippen LogP contribution is -2.44. The van der Waals surface area contributed by atoms with Gasteiger partial charge in [-0.15, -0.1) is 0 Å². The molecule has 0 unspecified atom stereocenters. The van der Waals surface area contributed by atoms with Crippen molar-refractivity contribution in [3.63, 3.8) is 0 Å². The van der Waals surface area contributed by atoms with E-state index < -0.39 is 11.8 Å². The summed E-state index contributed by atoms with van der Waals surface area (Å²) < 4.78 is 6.79. The first kappa shape index (κ1) is 18.0. The van der Waals surface area contributed by atoms with Crippen LogP contribution < -0.4 is 15.4 Å². The number of aromatic nitrogens is 2. The van der Waals surface area contributed by atoms with Crippen molar-refractivity contribution in [2.45, 2.75) is 32.2 Å². The fraction of sp³-hybridized carbons (Fsp3) is 0.421. The van der Waals surface area contributed by atoms with Crippen LogP contribution in [0.3, 0.4) is 0 Å². The summed E-state index contributed by atoms with van der Waals surface area (Å²) in [7, 11) is 3.35. The Balaban J connectivity index is 1.63. The van der Waals surface area contributed by atoms with Crippen LogP contribution in [0, 0.1) is 12.8 Å². The minimum Gasteiger partial charge on any atom is -0.497 e. The van der Waals surface area contributed by atoms with E-state index in [0.29, 0.717) is 18.2 Å². The van der Waals surface area contributed by atoms with Gasteiger partial charge in [-0.05, 0) is 49.8 Å². The summed E-state index contributed by atoms with van der Waals surface area (Å²) in [6, 6.07) is 9.44. The number of amides is 2. The highest BCUT2D eigenvalue weighted by molar-refractivity contribution is 6.39. The first-order chi connectivity index (χ1) is 12.5. The average molecular weight is 356 g/mol. The van der Waals surface area contributed by atoms with E-state index in [-0.39, 0.29) is 6.04 Å². The van der Waals surface area contributed by atoms with Crippen LogP contribution in [0.2, 0.25) is 0 Å². The topological polar surface area (TPSA) is 85.2 Å². The van der Waals surface area contributed by atoms with Crippen molar-refractivity contribution >= 4 is 17.6 Å². The fourth-order valence-corrected chi connectivity index (χ4v) is 3.02. The maximum Gasteiger partial charge on any atom is 0.314 e. The van der Waals surface area contributed by atoms with Gasteiger partial charge >= 0.3 is 11.8 Å². The van der Waals surface area contributed by atoms with Crippen molar-refractivity contribution in [1.29, 1.82) is 0 Å². The average Bonchev–Trinajstić information content (AvgIpc) is 3.40. The van der Waals surface area contributed by atoms with Gasteiger partial charge in [0, 0.05) is 19.2 Å². The van der Waals surface area contributed by atoms with Crippen LogP contribution in [0.1, 0.15) is 24.1 Å². The van der Waals surface area contributed by atoms with Crippen molar-refractivity contribution in [1.82, 2.24) is 15.1 Å². The van der Waals surface area contributed by atoms with Gasteiger partial charge < -0.3 is 15.4 Å². The molecule has 0 aliphatic heterocycles. The fourth-order valence-electron chi connectivity index (χ4n) is 3.02. The van der Waals surface area contributed by atoms with Crippen molar-refractivity contribution < 1.29 is 14.3 Å². The Labute approximate surface area is 152 Å². The lowest BCUT2D eigenvalue weighted by atomic mass is 10.0. The molecule has 0 saturated heterocycles. The smallest absolute Gasteiger partial charge is 0.314 e. The van der Waals surface area contributed by atoms with Crippen LogP contribution in [0.15, 0.2) is 30.3 Å². The largest absolute Gasteiger partial charge is 0.497 e. The molecule has 138 valence electrons. The number of anilines is 1.